The van der Waals surface area contributed by atoms with Crippen LogP contribution in [0.2, 0.25) is 0 Å². The molecule has 1 aromatic heterocycles. The van der Waals surface area contributed by atoms with Crippen molar-refractivity contribution in [3.05, 3.63) is 5.51 Å². The summed E-state index contributed by atoms with van der Waals surface area (Å²) >= 11 is 1.56. The molecule has 0 bridgehead atoms. The first-order valence-electron chi connectivity index (χ1n) is 6.14. The maximum atomic E-state index is 11.9. The third-order valence-electron chi connectivity index (χ3n) is 3.41. The topological polar surface area (TPSA) is 58.1 Å². The van der Waals surface area contributed by atoms with Gasteiger partial charge in [0, 0.05) is 25.0 Å². The fourth-order valence-electron chi connectivity index (χ4n) is 2.18. The Morgan fingerprint density at radius 2 is 2.12 bits per heavy atom. The fraction of sp³-hybridized carbons (Fsp3) is 0.727. The number of piperidine rings is 1. The first-order chi connectivity index (χ1) is 8.33. The van der Waals surface area contributed by atoms with Crippen LogP contribution in [0.25, 0.3) is 0 Å². The normalized spacial score (nSPS) is 21.5. The van der Waals surface area contributed by atoms with Gasteiger partial charge in [-0.2, -0.15) is 0 Å². The molecule has 1 aliphatic heterocycles. The SMILES string of the molecule is O=C(NC1CC1)C1CCN(c2nncs2)CC1. The van der Waals surface area contributed by atoms with Gasteiger partial charge < -0.3 is 10.2 Å². The van der Waals surface area contributed by atoms with E-state index in [1.807, 2.05) is 0 Å². The van der Waals surface area contributed by atoms with E-state index >= 15 is 0 Å². The van der Waals surface area contributed by atoms with Gasteiger partial charge in [0.1, 0.15) is 5.51 Å². The molecule has 1 saturated carbocycles. The van der Waals surface area contributed by atoms with Crippen LogP contribution in [-0.4, -0.2) is 35.2 Å². The molecule has 0 aromatic carbocycles. The Balaban J connectivity index is 1.51. The Labute approximate surface area is 104 Å². The lowest BCUT2D eigenvalue weighted by molar-refractivity contribution is -0.125. The van der Waals surface area contributed by atoms with Crippen LogP contribution in [0, 0.1) is 5.92 Å². The summed E-state index contributed by atoms with van der Waals surface area (Å²) in [5.74, 6) is 0.448. The van der Waals surface area contributed by atoms with Gasteiger partial charge in [0.05, 0.1) is 0 Å². The van der Waals surface area contributed by atoms with Gasteiger partial charge in [-0.15, -0.1) is 10.2 Å². The van der Waals surface area contributed by atoms with E-state index in [0.29, 0.717) is 6.04 Å². The first kappa shape index (κ1) is 11.0. The van der Waals surface area contributed by atoms with Crippen molar-refractivity contribution in [2.24, 2.45) is 5.92 Å². The highest BCUT2D eigenvalue weighted by Crippen LogP contribution is 2.25. The zero-order valence-electron chi connectivity index (χ0n) is 9.63. The molecule has 1 amide bonds. The van der Waals surface area contributed by atoms with Crippen molar-refractivity contribution in [1.82, 2.24) is 15.5 Å². The maximum absolute atomic E-state index is 11.9. The van der Waals surface area contributed by atoms with E-state index in [2.05, 4.69) is 20.4 Å². The minimum Gasteiger partial charge on any atom is -0.353 e. The van der Waals surface area contributed by atoms with Crippen molar-refractivity contribution < 1.29 is 4.79 Å². The average molecular weight is 252 g/mol. The molecule has 2 fully saturated rings. The number of carbonyl (C=O) groups excluding carboxylic acids is 1. The third kappa shape index (κ3) is 2.57. The minimum absolute atomic E-state index is 0.194. The van der Waals surface area contributed by atoms with Gasteiger partial charge in [0.2, 0.25) is 11.0 Å². The van der Waals surface area contributed by atoms with Crippen molar-refractivity contribution >= 4 is 22.4 Å². The number of hydrogen-bond donors (Lipinski definition) is 1. The van der Waals surface area contributed by atoms with Gasteiger partial charge in [-0.1, -0.05) is 11.3 Å². The lowest BCUT2D eigenvalue weighted by Gasteiger charge is -2.30. The number of hydrogen-bond acceptors (Lipinski definition) is 5. The molecule has 1 saturated heterocycles. The number of nitrogens with zero attached hydrogens (tertiary/aromatic N) is 3. The summed E-state index contributed by atoms with van der Waals surface area (Å²) in [5.41, 5.74) is 1.75. The second-order valence-electron chi connectivity index (χ2n) is 4.77. The van der Waals surface area contributed by atoms with E-state index < -0.39 is 0 Å². The van der Waals surface area contributed by atoms with Crippen molar-refractivity contribution in [2.45, 2.75) is 31.7 Å². The van der Waals surface area contributed by atoms with Gasteiger partial charge >= 0.3 is 0 Å². The standard InChI is InChI=1S/C11H16N4OS/c16-10(13-9-1-2-9)8-3-5-15(6-4-8)11-14-12-7-17-11/h7-9H,1-6H2,(H,13,16). The van der Waals surface area contributed by atoms with E-state index in [-0.39, 0.29) is 11.8 Å². The zero-order valence-corrected chi connectivity index (χ0v) is 10.4. The van der Waals surface area contributed by atoms with Crippen LogP contribution in [0.5, 0.6) is 0 Å². The highest BCUT2D eigenvalue weighted by atomic mass is 32.1. The molecule has 0 atom stereocenters. The smallest absolute Gasteiger partial charge is 0.223 e. The quantitative estimate of drug-likeness (QED) is 0.873. The second kappa shape index (κ2) is 4.60. The number of anilines is 1. The van der Waals surface area contributed by atoms with Crippen LogP contribution in [0.3, 0.4) is 0 Å². The van der Waals surface area contributed by atoms with Crippen molar-refractivity contribution in [1.29, 1.82) is 0 Å². The van der Waals surface area contributed by atoms with E-state index in [4.69, 9.17) is 0 Å². The Bertz CT molecular complexity index is 382. The highest BCUT2D eigenvalue weighted by Gasteiger charge is 2.30. The molecule has 0 radical (unpaired) electrons. The summed E-state index contributed by atoms with van der Waals surface area (Å²) in [6.45, 7) is 1.83. The minimum atomic E-state index is 0.194. The molecule has 3 rings (SSSR count). The second-order valence-corrected chi connectivity index (χ2v) is 5.58. The first-order valence-corrected chi connectivity index (χ1v) is 7.02. The Kier molecular flexibility index (Phi) is 2.96. The van der Waals surface area contributed by atoms with Crippen LogP contribution in [0.15, 0.2) is 5.51 Å². The third-order valence-corrected chi connectivity index (χ3v) is 4.16. The van der Waals surface area contributed by atoms with Gasteiger partial charge in [-0.25, -0.2) is 0 Å². The van der Waals surface area contributed by atoms with E-state index in [1.165, 1.54) is 0 Å². The van der Waals surface area contributed by atoms with Crippen LogP contribution in [0.4, 0.5) is 5.13 Å². The van der Waals surface area contributed by atoms with Gasteiger partial charge in [-0.05, 0) is 25.7 Å². The molecular formula is C11H16N4OS. The number of nitrogens with one attached hydrogen (secondary N) is 1. The van der Waals surface area contributed by atoms with Crippen molar-refractivity contribution in [3.63, 3.8) is 0 Å². The predicted octanol–water partition coefficient (Wildman–Crippen LogP) is 1.03. The summed E-state index contributed by atoms with van der Waals surface area (Å²) < 4.78 is 0. The average Bonchev–Trinajstić information content (AvgIpc) is 3.00. The predicted molar refractivity (Wildman–Crippen MR) is 66.0 cm³/mol. The van der Waals surface area contributed by atoms with Crippen LogP contribution in [0.1, 0.15) is 25.7 Å². The van der Waals surface area contributed by atoms with Crippen molar-refractivity contribution in [3.8, 4) is 0 Å². The van der Waals surface area contributed by atoms with Crippen LogP contribution in [-0.2, 0) is 4.79 Å². The number of amides is 1. The Morgan fingerprint density at radius 1 is 1.35 bits per heavy atom. The summed E-state index contributed by atoms with van der Waals surface area (Å²) in [5, 5.41) is 12.0. The van der Waals surface area contributed by atoms with E-state index in [9.17, 15) is 4.79 Å². The summed E-state index contributed by atoms with van der Waals surface area (Å²) in [7, 11) is 0. The lowest BCUT2D eigenvalue weighted by Crippen LogP contribution is -2.41. The molecule has 2 aliphatic rings. The molecule has 17 heavy (non-hydrogen) atoms. The molecule has 1 N–H and O–H groups in total. The highest BCUT2D eigenvalue weighted by molar-refractivity contribution is 7.13. The Morgan fingerprint density at radius 3 is 2.71 bits per heavy atom. The molecule has 1 aromatic rings. The van der Waals surface area contributed by atoms with Gasteiger partial charge in [0.25, 0.3) is 0 Å². The molecule has 0 unspecified atom stereocenters. The largest absolute Gasteiger partial charge is 0.353 e. The van der Waals surface area contributed by atoms with Gasteiger partial charge in [0.15, 0.2) is 0 Å². The fourth-order valence-corrected chi connectivity index (χ4v) is 2.80. The summed E-state index contributed by atoms with van der Waals surface area (Å²) in [6.07, 6.45) is 4.18. The summed E-state index contributed by atoms with van der Waals surface area (Å²) in [4.78, 5) is 14.1. The molecular weight excluding hydrogens is 236 g/mol. The summed E-state index contributed by atoms with van der Waals surface area (Å²) in [6, 6.07) is 0.476. The van der Waals surface area contributed by atoms with Crippen LogP contribution < -0.4 is 10.2 Å². The number of aromatic nitrogens is 2. The van der Waals surface area contributed by atoms with Gasteiger partial charge in [-0.3, -0.25) is 4.79 Å². The maximum Gasteiger partial charge on any atom is 0.223 e. The lowest BCUT2D eigenvalue weighted by atomic mass is 9.96. The molecule has 0 spiro atoms. The van der Waals surface area contributed by atoms with Crippen LogP contribution >= 0.6 is 11.3 Å². The molecule has 1 aliphatic carbocycles. The molecule has 92 valence electrons. The molecule has 2 heterocycles. The Hall–Kier alpha value is -1.17. The molecule has 5 nitrogen and oxygen atoms in total. The molecule has 6 heteroatoms. The van der Waals surface area contributed by atoms with E-state index in [0.717, 1.165) is 43.9 Å². The van der Waals surface area contributed by atoms with Crippen molar-refractivity contribution in [2.75, 3.05) is 18.0 Å². The van der Waals surface area contributed by atoms with E-state index in [1.54, 1.807) is 16.8 Å². The number of carbonyl (C=O) groups is 1. The monoisotopic (exact) mass is 252 g/mol. The number of rotatable bonds is 3. The zero-order chi connectivity index (χ0) is 11.7.